The van der Waals surface area contributed by atoms with Crippen molar-refractivity contribution in [1.29, 1.82) is 0 Å². The molecule has 0 rings (SSSR count). The Kier molecular flexibility index (Phi) is 4.80. The van der Waals surface area contributed by atoms with Crippen LogP contribution < -0.4 is 17.2 Å². The molecule has 13 heavy (non-hydrogen) atoms. The topological polar surface area (TPSA) is 157 Å². The van der Waals surface area contributed by atoms with Crippen molar-refractivity contribution in [3.8, 4) is 0 Å². The number of nitrogens with two attached hydrogens (primary N) is 3. The van der Waals surface area contributed by atoms with Crippen molar-refractivity contribution in [2.75, 3.05) is 0 Å². The van der Waals surface area contributed by atoms with Gasteiger partial charge in [0.15, 0.2) is 0 Å². The van der Waals surface area contributed by atoms with Crippen molar-refractivity contribution in [2.24, 2.45) is 17.2 Å². The number of hydrogen-bond acceptors (Lipinski definition) is 6. The van der Waals surface area contributed by atoms with Crippen LogP contribution in [0, 0.1) is 0 Å². The molecule has 0 aromatic rings. The molecule has 0 fully saturated rings. The summed E-state index contributed by atoms with van der Waals surface area (Å²) in [6.07, 6.45) is -3.70. The molecule has 0 unspecified atom stereocenters. The van der Waals surface area contributed by atoms with Gasteiger partial charge < -0.3 is 0 Å². The molecule has 0 aromatic carbocycles. The minimum absolute atomic E-state index is 1.23. The summed E-state index contributed by atoms with van der Waals surface area (Å²) in [5.74, 6) is 0. The first kappa shape index (κ1) is 11.7. The van der Waals surface area contributed by atoms with Gasteiger partial charge in [0.25, 0.3) is 0 Å². The predicted octanol–water partition coefficient (Wildman–Crippen LogP) is -1.74. The van der Waals surface area contributed by atoms with Gasteiger partial charge >= 0.3 is 81.2 Å². The minimum atomic E-state index is -4.03. The molecule has 0 aliphatic rings. The molecule has 0 spiro atoms. The van der Waals surface area contributed by atoms with Gasteiger partial charge in [-0.25, -0.2) is 0 Å². The summed E-state index contributed by atoms with van der Waals surface area (Å²) >= 11 is -4.03. The molecule has 0 atom stereocenters. The summed E-state index contributed by atoms with van der Waals surface area (Å²) in [7, 11) is 0. The molecule has 3 amide bonds. The maximum atomic E-state index is 10.2. The van der Waals surface area contributed by atoms with Crippen LogP contribution in [0.3, 0.4) is 0 Å². The molecule has 72 valence electrons. The third-order valence-corrected chi connectivity index (χ3v) is 4.27. The van der Waals surface area contributed by atoms with Gasteiger partial charge in [-0.3, -0.25) is 0 Å². The van der Waals surface area contributed by atoms with Gasteiger partial charge in [-0.1, -0.05) is 0 Å². The van der Waals surface area contributed by atoms with Crippen LogP contribution in [0.15, 0.2) is 0 Å². The summed E-state index contributed by atoms with van der Waals surface area (Å²) < 4.78 is 12.5. The molecule has 0 saturated carbocycles. The predicted molar refractivity (Wildman–Crippen MR) is 37.8 cm³/mol. The first-order chi connectivity index (χ1) is 5.91. The Morgan fingerprint density at radius 3 is 1.15 bits per heavy atom. The zero-order chi connectivity index (χ0) is 10.4. The summed E-state index contributed by atoms with van der Waals surface area (Å²) in [6, 6.07) is 0. The second-order valence-corrected chi connectivity index (χ2v) is 5.27. The molecule has 0 aliphatic heterocycles. The van der Waals surface area contributed by atoms with Crippen molar-refractivity contribution >= 4 is 41.0 Å². The Bertz CT molecular complexity index is 193. The monoisotopic (exact) mass is 295 g/mol. The van der Waals surface area contributed by atoms with E-state index < -0.39 is 41.0 Å². The van der Waals surface area contributed by atoms with Crippen LogP contribution in [-0.2, 0) is 8.56 Å². The number of rotatable bonds is 3. The van der Waals surface area contributed by atoms with Gasteiger partial charge in [-0.05, 0) is 0 Å². The van der Waals surface area contributed by atoms with Crippen molar-refractivity contribution in [1.82, 2.24) is 0 Å². The van der Waals surface area contributed by atoms with Crippen molar-refractivity contribution in [2.45, 2.75) is 0 Å². The van der Waals surface area contributed by atoms with E-state index in [-0.39, 0.29) is 0 Å². The van der Waals surface area contributed by atoms with E-state index in [1.54, 1.807) is 0 Å². The SMILES string of the molecule is NC(=O)[O][In]([O]C(N)=O)[O]C(N)=O. The van der Waals surface area contributed by atoms with E-state index in [4.69, 9.17) is 0 Å². The molecular weight excluding hydrogens is 289 g/mol. The van der Waals surface area contributed by atoms with E-state index in [0.717, 1.165) is 0 Å². The van der Waals surface area contributed by atoms with Crippen LogP contribution in [0.2, 0.25) is 0 Å². The molecule has 0 radical (unpaired) electrons. The van der Waals surface area contributed by atoms with Gasteiger partial charge in [0.05, 0.1) is 0 Å². The Balaban J connectivity index is 4.10. The van der Waals surface area contributed by atoms with Crippen LogP contribution >= 0.6 is 0 Å². The zero-order valence-corrected chi connectivity index (χ0v) is 9.55. The third-order valence-electron chi connectivity index (χ3n) is 0.637. The average molecular weight is 295 g/mol. The van der Waals surface area contributed by atoms with Crippen molar-refractivity contribution in [3.05, 3.63) is 0 Å². The quantitative estimate of drug-likeness (QED) is 0.560. The van der Waals surface area contributed by atoms with Crippen LogP contribution in [0.1, 0.15) is 0 Å². The van der Waals surface area contributed by atoms with Gasteiger partial charge in [0.2, 0.25) is 0 Å². The molecular formula is C3H6InN3O6. The number of amides is 3. The second kappa shape index (κ2) is 5.35. The molecule has 6 N–H and O–H groups in total. The maximum absolute atomic E-state index is 10.2. The Labute approximate surface area is 81.4 Å². The van der Waals surface area contributed by atoms with Crippen LogP contribution in [0.25, 0.3) is 0 Å². The number of primary amides is 3. The summed E-state index contributed by atoms with van der Waals surface area (Å²) in [5, 5.41) is 0. The summed E-state index contributed by atoms with van der Waals surface area (Å²) in [6.45, 7) is 0. The van der Waals surface area contributed by atoms with Gasteiger partial charge in [-0.2, -0.15) is 0 Å². The Morgan fingerprint density at radius 1 is 0.769 bits per heavy atom. The van der Waals surface area contributed by atoms with Crippen molar-refractivity contribution in [3.63, 3.8) is 0 Å². The van der Waals surface area contributed by atoms with E-state index in [1.165, 1.54) is 0 Å². The average Bonchev–Trinajstić information content (AvgIpc) is 1.80. The van der Waals surface area contributed by atoms with Crippen LogP contribution in [0.5, 0.6) is 0 Å². The number of hydrogen-bond donors (Lipinski definition) is 3. The Morgan fingerprint density at radius 2 is 1.00 bits per heavy atom. The van der Waals surface area contributed by atoms with Gasteiger partial charge in [0.1, 0.15) is 0 Å². The number of carbonyl (C=O) groups is 3. The molecule has 9 nitrogen and oxygen atoms in total. The van der Waals surface area contributed by atoms with E-state index in [1.807, 2.05) is 0 Å². The second-order valence-electron chi connectivity index (χ2n) is 1.60. The third kappa shape index (κ3) is 7.05. The fourth-order valence-electron chi connectivity index (χ4n) is 0.357. The van der Waals surface area contributed by atoms with E-state index in [9.17, 15) is 14.4 Å². The van der Waals surface area contributed by atoms with Crippen molar-refractivity contribution < 1.29 is 22.9 Å². The van der Waals surface area contributed by atoms with E-state index >= 15 is 0 Å². The van der Waals surface area contributed by atoms with Crippen LogP contribution in [-0.4, -0.2) is 41.0 Å². The molecule has 0 heterocycles. The van der Waals surface area contributed by atoms with Gasteiger partial charge in [0, 0.05) is 0 Å². The first-order valence-electron chi connectivity index (χ1n) is 2.80. The number of carbonyl (C=O) groups excluding carboxylic acids is 3. The first-order valence-corrected chi connectivity index (χ1v) is 6.83. The molecule has 0 aromatic heterocycles. The normalized spacial score (nSPS) is 8.31. The Hall–Kier alpha value is -1.32. The molecule has 0 saturated heterocycles. The van der Waals surface area contributed by atoms with E-state index in [2.05, 4.69) is 25.8 Å². The fraction of sp³-hybridized carbons (Fsp3) is 0. The van der Waals surface area contributed by atoms with E-state index in [0.29, 0.717) is 0 Å². The zero-order valence-electron chi connectivity index (χ0n) is 6.26. The molecule has 10 heteroatoms. The molecule has 0 aliphatic carbocycles. The van der Waals surface area contributed by atoms with Crippen LogP contribution in [0.4, 0.5) is 14.4 Å². The summed E-state index contributed by atoms with van der Waals surface area (Å²) in [5.41, 5.74) is 13.7. The fourth-order valence-corrected chi connectivity index (χ4v) is 2.39. The standard InChI is InChI=1S/3CH3NO2.In/c3*2-1(3)4;/h3*2H2,(H,3,4);/q;;;+3/p-3. The summed E-state index contributed by atoms with van der Waals surface area (Å²) in [4.78, 5) is 30.5. The van der Waals surface area contributed by atoms with Gasteiger partial charge in [-0.15, -0.1) is 0 Å². The molecule has 0 bridgehead atoms.